The highest BCUT2D eigenvalue weighted by Gasteiger charge is 2.19. The third-order valence-corrected chi connectivity index (χ3v) is 5.61. The van der Waals surface area contributed by atoms with Crippen molar-refractivity contribution in [3.05, 3.63) is 58.6 Å². The third-order valence-electron chi connectivity index (χ3n) is 3.78. The van der Waals surface area contributed by atoms with Crippen LogP contribution in [0, 0.1) is 13.8 Å². The van der Waals surface area contributed by atoms with Crippen molar-refractivity contribution in [1.82, 2.24) is 4.72 Å². The molecule has 0 bridgehead atoms. The number of likely N-dealkylation sites (N-methyl/N-ethyl adjacent to an activating group) is 1. The zero-order valence-electron chi connectivity index (χ0n) is 14.4. The van der Waals surface area contributed by atoms with Gasteiger partial charge in [-0.3, -0.25) is 4.79 Å². The molecule has 0 fully saturated rings. The predicted molar refractivity (Wildman–Crippen MR) is 101 cm³/mol. The molecule has 0 spiro atoms. The van der Waals surface area contributed by atoms with Gasteiger partial charge in [-0.15, -0.1) is 0 Å². The maximum atomic E-state index is 12.5. The Bertz CT molecular complexity index is 882. The van der Waals surface area contributed by atoms with Gasteiger partial charge in [0.25, 0.3) is 0 Å². The summed E-state index contributed by atoms with van der Waals surface area (Å²) in [7, 11) is -3.78. The molecule has 1 N–H and O–H groups in total. The van der Waals surface area contributed by atoms with Crippen LogP contribution in [0.1, 0.15) is 18.1 Å². The fraction of sp³-hybridized carbons (Fsp3) is 0.278. The molecule has 7 heteroatoms. The fourth-order valence-electron chi connectivity index (χ4n) is 2.42. The van der Waals surface area contributed by atoms with Crippen LogP contribution in [0.5, 0.6) is 0 Å². The Kier molecular flexibility index (Phi) is 6.21. The average molecular weight is 381 g/mol. The van der Waals surface area contributed by atoms with Crippen LogP contribution in [0.25, 0.3) is 0 Å². The Morgan fingerprint density at radius 1 is 1.16 bits per heavy atom. The molecule has 2 aromatic rings. The lowest BCUT2D eigenvalue weighted by Gasteiger charge is -2.21. The Hall–Kier alpha value is -1.89. The number of rotatable bonds is 6. The van der Waals surface area contributed by atoms with E-state index in [1.165, 1.54) is 18.2 Å². The fourth-order valence-corrected chi connectivity index (χ4v) is 3.60. The third kappa shape index (κ3) is 4.81. The predicted octanol–water partition coefficient (Wildman–Crippen LogP) is 3.29. The molecule has 5 nitrogen and oxygen atoms in total. The van der Waals surface area contributed by atoms with Crippen LogP contribution in [0.15, 0.2) is 47.4 Å². The van der Waals surface area contributed by atoms with Crippen molar-refractivity contribution >= 4 is 33.2 Å². The standard InChI is InChI=1S/C18H21ClN2O3S/c1-4-21(15-7-5-6-13(2)10-15)18(22)12-20-25(23,24)16-8-9-17(19)14(3)11-16/h5-11,20H,4,12H2,1-3H3. The maximum Gasteiger partial charge on any atom is 0.242 e. The maximum absolute atomic E-state index is 12.5. The first kappa shape index (κ1) is 19.4. The lowest BCUT2D eigenvalue weighted by atomic mass is 10.2. The number of hydrogen-bond donors (Lipinski definition) is 1. The van der Waals surface area contributed by atoms with E-state index in [0.717, 1.165) is 11.3 Å². The molecule has 0 atom stereocenters. The second kappa shape index (κ2) is 7.99. The summed E-state index contributed by atoms with van der Waals surface area (Å²) in [5.41, 5.74) is 2.43. The average Bonchev–Trinajstić information content (AvgIpc) is 2.56. The van der Waals surface area contributed by atoms with Gasteiger partial charge in [-0.05, 0) is 62.2 Å². The summed E-state index contributed by atoms with van der Waals surface area (Å²) in [5, 5.41) is 0.492. The highest BCUT2D eigenvalue weighted by molar-refractivity contribution is 7.89. The summed E-state index contributed by atoms with van der Waals surface area (Å²) >= 11 is 5.92. The molecular weight excluding hydrogens is 360 g/mol. The highest BCUT2D eigenvalue weighted by Crippen LogP contribution is 2.19. The molecule has 2 rings (SSSR count). The van der Waals surface area contributed by atoms with E-state index in [2.05, 4.69) is 4.72 Å². The normalized spacial score (nSPS) is 11.4. The summed E-state index contributed by atoms with van der Waals surface area (Å²) in [4.78, 5) is 14.1. The van der Waals surface area contributed by atoms with Crippen LogP contribution >= 0.6 is 11.6 Å². The quantitative estimate of drug-likeness (QED) is 0.836. The van der Waals surface area contributed by atoms with E-state index in [1.807, 2.05) is 38.1 Å². The number of hydrogen-bond acceptors (Lipinski definition) is 3. The van der Waals surface area contributed by atoms with Crippen LogP contribution in [-0.2, 0) is 14.8 Å². The summed E-state index contributed by atoms with van der Waals surface area (Å²) in [6, 6.07) is 11.9. The molecule has 0 aliphatic rings. The van der Waals surface area contributed by atoms with E-state index in [0.29, 0.717) is 17.1 Å². The van der Waals surface area contributed by atoms with Crippen molar-refractivity contribution in [3.8, 4) is 0 Å². The first-order chi connectivity index (χ1) is 11.7. The van der Waals surface area contributed by atoms with Gasteiger partial charge in [-0.25, -0.2) is 13.1 Å². The summed E-state index contributed by atoms with van der Waals surface area (Å²) in [5.74, 6) is -0.317. The molecule has 0 saturated heterocycles. The van der Waals surface area contributed by atoms with Crippen molar-refractivity contribution in [2.75, 3.05) is 18.0 Å². The zero-order chi connectivity index (χ0) is 18.6. The molecule has 2 aromatic carbocycles. The van der Waals surface area contributed by atoms with Gasteiger partial charge in [0, 0.05) is 17.3 Å². The smallest absolute Gasteiger partial charge is 0.242 e. The van der Waals surface area contributed by atoms with Gasteiger partial charge in [-0.1, -0.05) is 23.7 Å². The van der Waals surface area contributed by atoms with Gasteiger partial charge < -0.3 is 4.90 Å². The van der Waals surface area contributed by atoms with E-state index < -0.39 is 10.0 Å². The number of aryl methyl sites for hydroxylation is 2. The number of halogens is 1. The van der Waals surface area contributed by atoms with E-state index in [9.17, 15) is 13.2 Å². The molecular formula is C18H21ClN2O3S. The first-order valence-corrected chi connectivity index (χ1v) is 9.73. The SMILES string of the molecule is CCN(C(=O)CNS(=O)(=O)c1ccc(Cl)c(C)c1)c1cccc(C)c1. The lowest BCUT2D eigenvalue weighted by molar-refractivity contribution is -0.117. The van der Waals surface area contributed by atoms with Crippen molar-refractivity contribution in [1.29, 1.82) is 0 Å². The lowest BCUT2D eigenvalue weighted by Crippen LogP contribution is -2.40. The van der Waals surface area contributed by atoms with Gasteiger partial charge in [0.2, 0.25) is 15.9 Å². The first-order valence-electron chi connectivity index (χ1n) is 7.87. The topological polar surface area (TPSA) is 66.5 Å². The molecule has 0 radical (unpaired) electrons. The molecule has 0 heterocycles. The van der Waals surface area contributed by atoms with Gasteiger partial charge in [-0.2, -0.15) is 0 Å². The Morgan fingerprint density at radius 3 is 2.48 bits per heavy atom. The minimum Gasteiger partial charge on any atom is -0.312 e. The Balaban J connectivity index is 2.12. The molecule has 0 aliphatic heterocycles. The minimum atomic E-state index is -3.78. The molecule has 1 amide bonds. The Labute approximate surface area is 153 Å². The number of sulfonamides is 1. The summed E-state index contributed by atoms with van der Waals surface area (Å²) < 4.78 is 27.1. The van der Waals surface area contributed by atoms with E-state index in [4.69, 9.17) is 11.6 Å². The summed E-state index contributed by atoms with van der Waals surface area (Å²) in [6.07, 6.45) is 0. The number of nitrogens with one attached hydrogen (secondary N) is 1. The van der Waals surface area contributed by atoms with Gasteiger partial charge in [0.1, 0.15) is 0 Å². The van der Waals surface area contributed by atoms with Crippen LogP contribution in [0.4, 0.5) is 5.69 Å². The second-order valence-corrected chi connectivity index (χ2v) is 7.89. The number of nitrogens with zero attached hydrogens (tertiary/aromatic N) is 1. The summed E-state index contributed by atoms with van der Waals surface area (Å²) in [6.45, 7) is 5.64. The van der Waals surface area contributed by atoms with Crippen molar-refractivity contribution in [2.24, 2.45) is 0 Å². The monoisotopic (exact) mass is 380 g/mol. The molecule has 0 saturated carbocycles. The van der Waals surface area contributed by atoms with Crippen LogP contribution in [-0.4, -0.2) is 27.4 Å². The van der Waals surface area contributed by atoms with Crippen molar-refractivity contribution in [2.45, 2.75) is 25.7 Å². The zero-order valence-corrected chi connectivity index (χ0v) is 16.0. The number of anilines is 1. The number of benzene rings is 2. The number of carbonyl (C=O) groups excluding carboxylic acids is 1. The van der Waals surface area contributed by atoms with Crippen molar-refractivity contribution in [3.63, 3.8) is 0 Å². The van der Waals surface area contributed by atoms with Crippen molar-refractivity contribution < 1.29 is 13.2 Å². The molecule has 25 heavy (non-hydrogen) atoms. The van der Waals surface area contributed by atoms with Gasteiger partial charge in [0.15, 0.2) is 0 Å². The molecule has 0 aromatic heterocycles. The van der Waals surface area contributed by atoms with E-state index >= 15 is 0 Å². The van der Waals surface area contributed by atoms with Crippen LogP contribution < -0.4 is 9.62 Å². The highest BCUT2D eigenvalue weighted by atomic mass is 35.5. The largest absolute Gasteiger partial charge is 0.312 e. The van der Waals surface area contributed by atoms with Crippen LogP contribution in [0.3, 0.4) is 0 Å². The minimum absolute atomic E-state index is 0.0841. The van der Waals surface area contributed by atoms with Gasteiger partial charge >= 0.3 is 0 Å². The number of carbonyl (C=O) groups is 1. The van der Waals surface area contributed by atoms with Gasteiger partial charge in [0.05, 0.1) is 11.4 Å². The number of amides is 1. The Morgan fingerprint density at radius 2 is 1.88 bits per heavy atom. The van der Waals surface area contributed by atoms with E-state index in [1.54, 1.807) is 11.8 Å². The van der Waals surface area contributed by atoms with E-state index in [-0.39, 0.29) is 17.3 Å². The molecule has 0 unspecified atom stereocenters. The molecule has 0 aliphatic carbocycles. The molecule has 134 valence electrons. The second-order valence-electron chi connectivity index (χ2n) is 5.71. The van der Waals surface area contributed by atoms with Crippen LogP contribution in [0.2, 0.25) is 5.02 Å².